The molecule has 2 heterocycles. The number of halogens is 1. The maximum atomic E-state index is 12.2. The highest BCUT2D eigenvalue weighted by Crippen LogP contribution is 2.24. The van der Waals surface area contributed by atoms with E-state index in [0.717, 1.165) is 13.1 Å². The van der Waals surface area contributed by atoms with Gasteiger partial charge in [0.15, 0.2) is 0 Å². The van der Waals surface area contributed by atoms with Crippen LogP contribution in [-0.4, -0.2) is 48.7 Å². The first kappa shape index (κ1) is 15.3. The Hall–Kier alpha value is -1.11. The number of nitrogens with one attached hydrogen (secondary N) is 1. The Balaban J connectivity index is 2.28. The van der Waals surface area contributed by atoms with E-state index in [0.29, 0.717) is 24.9 Å². The van der Waals surface area contributed by atoms with Gasteiger partial charge in [-0.2, -0.15) is 5.10 Å². The summed E-state index contributed by atoms with van der Waals surface area (Å²) in [7, 11) is 1.59. The SMILES string of the molecule is COCCn1ncc(N2CC(C)NCC2C)c(Cl)c1=O. The van der Waals surface area contributed by atoms with Gasteiger partial charge in [0.1, 0.15) is 5.02 Å². The normalized spacial score (nSPS) is 23.1. The molecule has 0 saturated carbocycles. The zero-order chi connectivity index (χ0) is 14.7. The maximum Gasteiger partial charge on any atom is 0.287 e. The van der Waals surface area contributed by atoms with E-state index in [1.807, 2.05) is 0 Å². The second-order valence-corrected chi connectivity index (χ2v) is 5.55. The van der Waals surface area contributed by atoms with Gasteiger partial charge in [-0.05, 0) is 13.8 Å². The molecule has 1 fully saturated rings. The number of ether oxygens (including phenoxy) is 1. The Morgan fingerprint density at radius 1 is 1.55 bits per heavy atom. The van der Waals surface area contributed by atoms with E-state index in [2.05, 4.69) is 29.2 Å². The smallest absolute Gasteiger partial charge is 0.287 e. The minimum Gasteiger partial charge on any atom is -0.383 e. The van der Waals surface area contributed by atoms with Crippen LogP contribution in [0.5, 0.6) is 0 Å². The third kappa shape index (κ3) is 3.13. The first-order chi connectivity index (χ1) is 9.54. The van der Waals surface area contributed by atoms with Crippen LogP contribution < -0.4 is 15.8 Å². The van der Waals surface area contributed by atoms with E-state index < -0.39 is 0 Å². The van der Waals surface area contributed by atoms with Gasteiger partial charge in [0.25, 0.3) is 5.56 Å². The van der Waals surface area contributed by atoms with E-state index in [1.54, 1.807) is 13.3 Å². The Bertz CT molecular complexity index is 520. The summed E-state index contributed by atoms with van der Waals surface area (Å²) in [4.78, 5) is 14.3. The zero-order valence-corrected chi connectivity index (χ0v) is 12.9. The fraction of sp³-hybridized carbons (Fsp3) is 0.692. The van der Waals surface area contributed by atoms with Crippen LogP contribution in [0.2, 0.25) is 5.02 Å². The van der Waals surface area contributed by atoms with E-state index >= 15 is 0 Å². The number of hydrogen-bond acceptors (Lipinski definition) is 5. The average molecular weight is 301 g/mol. The number of anilines is 1. The summed E-state index contributed by atoms with van der Waals surface area (Å²) < 4.78 is 6.30. The number of piperazine rings is 1. The van der Waals surface area contributed by atoms with Crippen molar-refractivity contribution in [1.29, 1.82) is 0 Å². The topological polar surface area (TPSA) is 59.4 Å². The second kappa shape index (κ2) is 6.56. The standard InChI is InChI=1S/C13H21ClN4O2/c1-9-8-17(10(2)6-15-9)11-7-16-18(4-5-20-3)13(19)12(11)14/h7,9-10,15H,4-6,8H2,1-3H3. The predicted octanol–water partition coefficient (Wildman–Crippen LogP) is 0.730. The molecule has 0 aliphatic carbocycles. The minimum absolute atomic E-state index is 0.233. The molecule has 1 aliphatic rings. The second-order valence-electron chi connectivity index (χ2n) is 5.18. The van der Waals surface area contributed by atoms with Gasteiger partial charge in [-0.25, -0.2) is 4.68 Å². The van der Waals surface area contributed by atoms with Crippen molar-refractivity contribution >= 4 is 17.3 Å². The fourth-order valence-electron chi connectivity index (χ4n) is 2.35. The summed E-state index contributed by atoms with van der Waals surface area (Å²) in [6, 6.07) is 0.637. The van der Waals surface area contributed by atoms with Crippen molar-refractivity contribution < 1.29 is 4.74 Å². The monoisotopic (exact) mass is 300 g/mol. The summed E-state index contributed by atoms with van der Waals surface area (Å²) in [5.41, 5.74) is 0.450. The molecule has 0 spiro atoms. The Morgan fingerprint density at radius 2 is 2.30 bits per heavy atom. The summed E-state index contributed by atoms with van der Waals surface area (Å²) in [6.07, 6.45) is 1.67. The van der Waals surface area contributed by atoms with Crippen LogP contribution in [0.3, 0.4) is 0 Å². The Kier molecular flexibility index (Phi) is 5.01. The third-order valence-corrected chi connectivity index (χ3v) is 3.90. The summed E-state index contributed by atoms with van der Waals surface area (Å²) >= 11 is 6.25. The lowest BCUT2D eigenvalue weighted by atomic mass is 10.1. The van der Waals surface area contributed by atoms with Gasteiger partial charge in [-0.3, -0.25) is 4.79 Å². The molecule has 1 N–H and O–H groups in total. The molecule has 1 saturated heterocycles. The first-order valence-corrected chi connectivity index (χ1v) is 7.17. The summed E-state index contributed by atoms with van der Waals surface area (Å²) in [6.45, 7) is 6.73. The Labute approximate surface area is 123 Å². The van der Waals surface area contributed by atoms with Crippen molar-refractivity contribution in [2.75, 3.05) is 31.7 Å². The molecule has 1 aliphatic heterocycles. The quantitative estimate of drug-likeness (QED) is 0.888. The highest BCUT2D eigenvalue weighted by Gasteiger charge is 2.25. The molecule has 2 atom stereocenters. The molecule has 0 radical (unpaired) electrons. The van der Waals surface area contributed by atoms with Gasteiger partial charge in [0.2, 0.25) is 0 Å². The molecule has 0 aromatic carbocycles. The number of rotatable bonds is 4. The van der Waals surface area contributed by atoms with Crippen molar-refractivity contribution in [3.63, 3.8) is 0 Å². The van der Waals surface area contributed by atoms with Gasteiger partial charge in [-0.15, -0.1) is 0 Å². The zero-order valence-electron chi connectivity index (χ0n) is 12.1. The molecule has 1 aromatic rings. The number of nitrogens with zero attached hydrogens (tertiary/aromatic N) is 3. The van der Waals surface area contributed by atoms with Crippen LogP contribution in [0.1, 0.15) is 13.8 Å². The average Bonchev–Trinajstić information content (AvgIpc) is 2.43. The largest absolute Gasteiger partial charge is 0.383 e. The van der Waals surface area contributed by atoms with Crippen molar-refractivity contribution in [3.05, 3.63) is 21.6 Å². The fourth-order valence-corrected chi connectivity index (χ4v) is 2.61. The van der Waals surface area contributed by atoms with Crippen LogP contribution in [-0.2, 0) is 11.3 Å². The lowest BCUT2D eigenvalue weighted by Gasteiger charge is -2.39. The van der Waals surface area contributed by atoms with Crippen LogP contribution in [0.25, 0.3) is 0 Å². The van der Waals surface area contributed by atoms with E-state index in [1.165, 1.54) is 4.68 Å². The van der Waals surface area contributed by atoms with Gasteiger partial charge in [0.05, 0.1) is 25.0 Å². The number of methoxy groups -OCH3 is 1. The molecular formula is C13H21ClN4O2. The van der Waals surface area contributed by atoms with Crippen molar-refractivity contribution in [2.45, 2.75) is 32.5 Å². The lowest BCUT2D eigenvalue weighted by molar-refractivity contribution is 0.182. The van der Waals surface area contributed by atoms with Crippen molar-refractivity contribution in [2.24, 2.45) is 0 Å². The molecule has 112 valence electrons. The van der Waals surface area contributed by atoms with Gasteiger partial charge < -0.3 is 15.0 Å². The highest BCUT2D eigenvalue weighted by atomic mass is 35.5. The molecule has 2 rings (SSSR count). The molecule has 1 aromatic heterocycles. The molecule has 2 unspecified atom stereocenters. The number of aromatic nitrogens is 2. The predicted molar refractivity (Wildman–Crippen MR) is 79.7 cm³/mol. The summed E-state index contributed by atoms with van der Waals surface area (Å²) in [5, 5.41) is 7.82. The van der Waals surface area contributed by atoms with E-state index in [9.17, 15) is 4.79 Å². The van der Waals surface area contributed by atoms with Crippen LogP contribution >= 0.6 is 11.6 Å². The van der Waals surface area contributed by atoms with Crippen molar-refractivity contribution in [1.82, 2.24) is 15.1 Å². The summed E-state index contributed by atoms with van der Waals surface area (Å²) in [5.74, 6) is 0. The number of hydrogen-bond donors (Lipinski definition) is 1. The van der Waals surface area contributed by atoms with Crippen LogP contribution in [0.15, 0.2) is 11.0 Å². The minimum atomic E-state index is -0.264. The van der Waals surface area contributed by atoms with Crippen LogP contribution in [0, 0.1) is 0 Å². The molecule has 0 amide bonds. The molecule has 0 bridgehead atoms. The van der Waals surface area contributed by atoms with E-state index in [-0.39, 0.29) is 16.6 Å². The molecule has 7 heteroatoms. The molecule has 20 heavy (non-hydrogen) atoms. The molecular weight excluding hydrogens is 280 g/mol. The highest BCUT2D eigenvalue weighted by molar-refractivity contribution is 6.33. The van der Waals surface area contributed by atoms with Gasteiger partial charge in [-0.1, -0.05) is 11.6 Å². The maximum absolute atomic E-state index is 12.2. The van der Waals surface area contributed by atoms with Gasteiger partial charge >= 0.3 is 0 Å². The van der Waals surface area contributed by atoms with E-state index in [4.69, 9.17) is 16.3 Å². The molecule has 6 nitrogen and oxygen atoms in total. The first-order valence-electron chi connectivity index (χ1n) is 6.79. The Morgan fingerprint density at radius 3 is 3.00 bits per heavy atom. The third-order valence-electron chi connectivity index (χ3n) is 3.55. The van der Waals surface area contributed by atoms with Crippen LogP contribution in [0.4, 0.5) is 5.69 Å². The van der Waals surface area contributed by atoms with Gasteiger partial charge in [0, 0.05) is 32.3 Å². The lowest BCUT2D eigenvalue weighted by Crippen LogP contribution is -2.55. The van der Waals surface area contributed by atoms with Crippen molar-refractivity contribution in [3.8, 4) is 0 Å².